The molecule has 0 spiro atoms. The monoisotopic (exact) mass is 270 g/mol. The largest absolute Gasteiger partial charge is 0.213 e. The third-order valence-corrected chi connectivity index (χ3v) is 3.85. The third kappa shape index (κ3) is 4.43. The summed E-state index contributed by atoms with van der Waals surface area (Å²) in [4.78, 5) is 0. The van der Waals surface area contributed by atoms with Crippen molar-refractivity contribution in [1.29, 1.82) is 5.26 Å². The number of benzene rings is 1. The minimum atomic E-state index is -3.61. The maximum atomic E-state index is 13.3. The van der Waals surface area contributed by atoms with E-state index in [1.165, 1.54) is 19.9 Å². The summed E-state index contributed by atoms with van der Waals surface area (Å²) in [6.07, 6.45) is 0.0729. The van der Waals surface area contributed by atoms with Crippen molar-refractivity contribution in [2.45, 2.75) is 25.8 Å². The molecule has 1 aromatic rings. The number of aryl methyl sites for hydroxylation is 1. The van der Waals surface area contributed by atoms with Crippen LogP contribution in [0.5, 0.6) is 0 Å². The van der Waals surface area contributed by atoms with Crippen molar-refractivity contribution in [2.24, 2.45) is 0 Å². The fraction of sp³-hybridized carbons (Fsp3) is 0.417. The molecule has 0 atom stereocenters. The average molecular weight is 270 g/mol. The molecule has 0 aliphatic rings. The molecular weight excluding hydrogens is 255 g/mol. The lowest BCUT2D eigenvalue weighted by molar-refractivity contribution is 0.534. The molecule has 0 heterocycles. The van der Waals surface area contributed by atoms with Crippen LogP contribution in [0.4, 0.5) is 4.39 Å². The molecule has 0 amide bonds. The second-order valence-electron chi connectivity index (χ2n) is 4.50. The third-order valence-electron chi connectivity index (χ3n) is 2.29. The second-order valence-corrected chi connectivity index (χ2v) is 6.34. The first-order valence-electron chi connectivity index (χ1n) is 5.42. The SMILES string of the molecule is CC(C)(C#N)NS(=O)(=O)CCc1ccccc1F. The van der Waals surface area contributed by atoms with Gasteiger partial charge in [0.05, 0.1) is 11.8 Å². The van der Waals surface area contributed by atoms with Gasteiger partial charge in [-0.05, 0) is 31.9 Å². The number of rotatable bonds is 5. The van der Waals surface area contributed by atoms with E-state index in [9.17, 15) is 12.8 Å². The van der Waals surface area contributed by atoms with E-state index in [1.54, 1.807) is 18.2 Å². The summed E-state index contributed by atoms with van der Waals surface area (Å²) in [7, 11) is -3.61. The highest BCUT2D eigenvalue weighted by Crippen LogP contribution is 2.09. The second kappa shape index (κ2) is 5.46. The normalized spacial score (nSPS) is 12.1. The Bertz CT molecular complexity index is 562. The molecule has 6 heteroatoms. The van der Waals surface area contributed by atoms with Crippen molar-refractivity contribution in [3.8, 4) is 6.07 Å². The Morgan fingerprint density at radius 2 is 2.00 bits per heavy atom. The Hall–Kier alpha value is -1.45. The predicted molar refractivity (Wildman–Crippen MR) is 66.7 cm³/mol. The van der Waals surface area contributed by atoms with Gasteiger partial charge >= 0.3 is 0 Å². The first-order chi connectivity index (χ1) is 8.26. The molecule has 1 N–H and O–H groups in total. The molecule has 0 aliphatic heterocycles. The molecule has 0 aliphatic carbocycles. The number of nitrogens with zero attached hydrogens (tertiary/aromatic N) is 1. The number of nitriles is 1. The van der Waals surface area contributed by atoms with Gasteiger partial charge in [-0.15, -0.1) is 0 Å². The highest BCUT2D eigenvalue weighted by Gasteiger charge is 2.24. The van der Waals surface area contributed by atoms with Crippen molar-refractivity contribution in [3.05, 3.63) is 35.6 Å². The minimum absolute atomic E-state index is 0.0729. The summed E-state index contributed by atoms with van der Waals surface area (Å²) in [6, 6.07) is 7.87. The number of nitrogens with one attached hydrogen (secondary N) is 1. The molecular formula is C12H15FN2O2S. The van der Waals surface area contributed by atoms with Gasteiger partial charge in [0.1, 0.15) is 11.4 Å². The minimum Gasteiger partial charge on any atom is -0.212 e. The first-order valence-corrected chi connectivity index (χ1v) is 7.07. The van der Waals surface area contributed by atoms with Gasteiger partial charge in [0.15, 0.2) is 0 Å². The van der Waals surface area contributed by atoms with Crippen LogP contribution in [0.1, 0.15) is 19.4 Å². The Morgan fingerprint density at radius 3 is 2.56 bits per heavy atom. The van der Waals surface area contributed by atoms with E-state index in [0.717, 1.165) is 0 Å². The van der Waals surface area contributed by atoms with Crippen LogP contribution >= 0.6 is 0 Å². The smallest absolute Gasteiger partial charge is 0.212 e. The highest BCUT2D eigenvalue weighted by atomic mass is 32.2. The molecule has 0 saturated heterocycles. The predicted octanol–water partition coefficient (Wildman–Crippen LogP) is 1.59. The van der Waals surface area contributed by atoms with Crippen molar-refractivity contribution in [2.75, 3.05) is 5.75 Å². The van der Waals surface area contributed by atoms with E-state index in [2.05, 4.69) is 4.72 Å². The summed E-state index contributed by atoms with van der Waals surface area (Å²) >= 11 is 0. The summed E-state index contributed by atoms with van der Waals surface area (Å²) in [5, 5.41) is 8.75. The Balaban J connectivity index is 2.70. The topological polar surface area (TPSA) is 70.0 Å². The highest BCUT2D eigenvalue weighted by molar-refractivity contribution is 7.89. The summed E-state index contributed by atoms with van der Waals surface area (Å²) < 4.78 is 39.0. The van der Waals surface area contributed by atoms with Crippen LogP contribution in [0.15, 0.2) is 24.3 Å². The Kier molecular flexibility index (Phi) is 4.43. The zero-order chi connectivity index (χ0) is 13.8. The van der Waals surface area contributed by atoms with Gasteiger partial charge < -0.3 is 0 Å². The van der Waals surface area contributed by atoms with Crippen molar-refractivity contribution >= 4 is 10.0 Å². The quantitative estimate of drug-likeness (QED) is 0.883. The van der Waals surface area contributed by atoms with E-state index in [0.29, 0.717) is 5.56 Å². The van der Waals surface area contributed by atoms with Gasteiger partial charge in [-0.1, -0.05) is 18.2 Å². The zero-order valence-electron chi connectivity index (χ0n) is 10.3. The van der Waals surface area contributed by atoms with E-state index in [1.807, 2.05) is 6.07 Å². The fourth-order valence-corrected chi connectivity index (χ4v) is 2.82. The van der Waals surface area contributed by atoms with Crippen molar-refractivity contribution < 1.29 is 12.8 Å². The molecule has 4 nitrogen and oxygen atoms in total. The van der Waals surface area contributed by atoms with Gasteiger partial charge in [-0.3, -0.25) is 0 Å². The molecule has 0 aromatic heterocycles. The number of halogens is 1. The van der Waals surface area contributed by atoms with Gasteiger partial charge in [-0.2, -0.15) is 9.98 Å². The molecule has 0 bridgehead atoms. The Labute approximate surface area is 106 Å². The lowest BCUT2D eigenvalue weighted by Crippen LogP contribution is -2.43. The lowest BCUT2D eigenvalue weighted by atomic mass is 10.1. The van der Waals surface area contributed by atoms with E-state index >= 15 is 0 Å². The maximum Gasteiger partial charge on any atom is 0.213 e. The van der Waals surface area contributed by atoms with Crippen LogP contribution in [0.2, 0.25) is 0 Å². The summed E-state index contributed by atoms with van der Waals surface area (Å²) in [6.45, 7) is 2.93. The molecule has 1 rings (SSSR count). The molecule has 98 valence electrons. The van der Waals surface area contributed by atoms with Gasteiger partial charge in [0.25, 0.3) is 0 Å². The van der Waals surface area contributed by atoms with Crippen LogP contribution in [0.3, 0.4) is 0 Å². The van der Waals surface area contributed by atoms with Gasteiger partial charge in [-0.25, -0.2) is 12.8 Å². The van der Waals surface area contributed by atoms with Crippen LogP contribution in [-0.2, 0) is 16.4 Å². The van der Waals surface area contributed by atoms with Gasteiger partial charge in [0.2, 0.25) is 10.0 Å². The van der Waals surface area contributed by atoms with Crippen molar-refractivity contribution in [1.82, 2.24) is 4.72 Å². The molecule has 0 saturated carbocycles. The Morgan fingerprint density at radius 1 is 1.39 bits per heavy atom. The molecule has 0 radical (unpaired) electrons. The first kappa shape index (κ1) is 14.6. The van der Waals surface area contributed by atoms with Crippen LogP contribution in [0, 0.1) is 17.1 Å². The van der Waals surface area contributed by atoms with Crippen LogP contribution in [-0.4, -0.2) is 19.7 Å². The summed E-state index contributed by atoms with van der Waals surface area (Å²) in [5.41, 5.74) is -0.814. The fourth-order valence-electron chi connectivity index (χ4n) is 1.41. The van der Waals surface area contributed by atoms with Crippen molar-refractivity contribution in [3.63, 3.8) is 0 Å². The number of hydrogen-bond donors (Lipinski definition) is 1. The molecule has 18 heavy (non-hydrogen) atoms. The number of hydrogen-bond acceptors (Lipinski definition) is 3. The lowest BCUT2D eigenvalue weighted by Gasteiger charge is -2.17. The number of sulfonamides is 1. The zero-order valence-corrected chi connectivity index (χ0v) is 11.1. The van der Waals surface area contributed by atoms with E-state index in [-0.39, 0.29) is 12.2 Å². The summed E-state index contributed by atoms with van der Waals surface area (Å²) in [5.74, 6) is -0.675. The van der Waals surface area contributed by atoms with E-state index < -0.39 is 21.4 Å². The standard InChI is InChI=1S/C12H15FN2O2S/c1-12(2,9-14)15-18(16,17)8-7-10-5-3-4-6-11(10)13/h3-6,15H,7-8H2,1-2H3. The maximum absolute atomic E-state index is 13.3. The van der Waals surface area contributed by atoms with E-state index in [4.69, 9.17) is 5.26 Å². The van der Waals surface area contributed by atoms with Gasteiger partial charge in [0, 0.05) is 0 Å². The molecule has 0 unspecified atom stereocenters. The van der Waals surface area contributed by atoms with Crippen LogP contribution in [0.25, 0.3) is 0 Å². The average Bonchev–Trinajstić information content (AvgIpc) is 2.27. The molecule has 1 aromatic carbocycles. The van der Waals surface area contributed by atoms with Crippen LogP contribution < -0.4 is 4.72 Å². The molecule has 0 fully saturated rings.